The third-order valence-corrected chi connectivity index (χ3v) is 16.5. The molecule has 10 heteroatoms. The maximum atomic E-state index is 12.5. The van der Waals surface area contributed by atoms with Gasteiger partial charge in [0, 0.05) is 33.5 Å². The molecule has 0 unspecified atom stereocenters. The van der Waals surface area contributed by atoms with Gasteiger partial charge in [0.2, 0.25) is 0 Å². The number of carbonyl (C=O) groups excluding carboxylic acids is 4. The van der Waals surface area contributed by atoms with Gasteiger partial charge in [0.1, 0.15) is 13.2 Å². The van der Waals surface area contributed by atoms with E-state index in [1.807, 2.05) is 26.0 Å². The Hall–Kier alpha value is -3.12. The number of carbonyl (C=O) groups is 4. The van der Waals surface area contributed by atoms with Gasteiger partial charge >= 0.3 is 0 Å². The first-order valence-corrected chi connectivity index (χ1v) is 19.5. The Balaban J connectivity index is 0.000000167. The summed E-state index contributed by atoms with van der Waals surface area (Å²) in [5, 5.41) is 63.9. The summed E-state index contributed by atoms with van der Waals surface area (Å²) in [5.74, 6) is -1.19. The van der Waals surface area contributed by atoms with E-state index >= 15 is 0 Å². The van der Waals surface area contributed by atoms with Crippen LogP contribution in [0.2, 0.25) is 0 Å². The highest BCUT2D eigenvalue weighted by atomic mass is 16.3. The Morgan fingerprint density at radius 2 is 1.04 bits per heavy atom. The van der Waals surface area contributed by atoms with Crippen LogP contribution in [-0.2, 0) is 19.2 Å². The third-order valence-electron chi connectivity index (χ3n) is 16.5. The van der Waals surface area contributed by atoms with E-state index in [1.165, 1.54) is 0 Å². The van der Waals surface area contributed by atoms with Crippen LogP contribution in [0.4, 0.5) is 0 Å². The van der Waals surface area contributed by atoms with Crippen molar-refractivity contribution in [1.29, 1.82) is 0 Å². The molecule has 0 amide bonds. The summed E-state index contributed by atoms with van der Waals surface area (Å²) in [6, 6.07) is 0. The maximum absolute atomic E-state index is 12.5. The largest absolute Gasteiger partial charge is 0.393 e. The number of Topliss-reactive ketones (excluding diaryl/α,β-unsaturated/α-hetero) is 2. The molecule has 10 nitrogen and oxygen atoms in total. The predicted octanol–water partition coefficient (Wildman–Crippen LogP) is 3.45. The topological polar surface area (TPSA) is 190 Å². The van der Waals surface area contributed by atoms with Gasteiger partial charge in [-0.2, -0.15) is 0 Å². The van der Waals surface area contributed by atoms with Gasteiger partial charge in [-0.25, -0.2) is 0 Å². The van der Waals surface area contributed by atoms with Crippen molar-refractivity contribution >= 4 is 23.1 Å². The maximum Gasteiger partial charge on any atom is 0.194 e. The SMILES string of the molecule is C=C1C[C@H]2[C@@H]3CCC4=CC(=O)C=C[C@]4(C)[C@H]3[C@@H](O)C[C@]2(C)[C@@]1(O)C(=O)CO.C=C1C[C@H]2[C@@H]3CCC4=CC(=O)C=C[C@]4(C)[C@H]3[C@@H](O)C[C@]2(C)[C@@]1(O)C(=O)CO. The lowest BCUT2D eigenvalue weighted by Crippen LogP contribution is -2.62. The minimum atomic E-state index is -1.80. The van der Waals surface area contributed by atoms with Gasteiger partial charge in [0.05, 0.1) is 12.2 Å². The molecule has 0 aromatic heterocycles. The lowest BCUT2D eigenvalue weighted by Gasteiger charge is -2.59. The Kier molecular flexibility index (Phi) is 9.20. The minimum absolute atomic E-state index is 0.00306. The fourth-order valence-corrected chi connectivity index (χ4v) is 13.8. The van der Waals surface area contributed by atoms with Crippen molar-refractivity contribution in [3.8, 4) is 0 Å². The fraction of sp³-hybridized carbons (Fsp3) is 0.636. The summed E-state index contributed by atoms with van der Waals surface area (Å²) in [6.45, 7) is 14.4. The summed E-state index contributed by atoms with van der Waals surface area (Å²) in [7, 11) is 0. The summed E-state index contributed by atoms with van der Waals surface area (Å²) in [4.78, 5) is 48.7. The van der Waals surface area contributed by atoms with Crippen molar-refractivity contribution in [2.45, 2.75) is 102 Å². The molecule has 6 saturated carbocycles. The quantitative estimate of drug-likeness (QED) is 0.233. The standard InChI is InChI=1S/2C22H28O5/c2*1-12-8-16-15-5-4-13-9-14(24)6-7-20(13,2)19(15)17(25)10-21(16,3)22(12,27)18(26)11-23/h2*6-7,9,15-17,19,23,25,27H,1,4-5,8,10-11H2,2-3H3/t2*15-,16-,17-,19+,20-,21-,22-/m00/s1. The van der Waals surface area contributed by atoms with Crippen LogP contribution >= 0.6 is 0 Å². The fourth-order valence-electron chi connectivity index (χ4n) is 13.8. The van der Waals surface area contributed by atoms with Crippen molar-refractivity contribution in [2.75, 3.05) is 13.2 Å². The van der Waals surface area contributed by atoms with Crippen LogP contribution in [0.15, 0.2) is 71.9 Å². The molecule has 8 rings (SSSR count). The van der Waals surface area contributed by atoms with Crippen LogP contribution in [0.1, 0.15) is 79.1 Å². The normalized spacial score (nSPS) is 48.6. The highest BCUT2D eigenvalue weighted by molar-refractivity contribution is 6.02. The van der Waals surface area contributed by atoms with Gasteiger partial charge in [-0.1, -0.05) is 64.2 Å². The monoisotopic (exact) mass is 744 g/mol. The van der Waals surface area contributed by atoms with Crippen LogP contribution in [0.25, 0.3) is 0 Å². The molecule has 6 fully saturated rings. The number of hydrogen-bond acceptors (Lipinski definition) is 10. The van der Waals surface area contributed by atoms with E-state index in [-0.39, 0.29) is 70.7 Å². The van der Waals surface area contributed by atoms with Crippen LogP contribution in [0.5, 0.6) is 0 Å². The molecule has 54 heavy (non-hydrogen) atoms. The van der Waals surface area contributed by atoms with E-state index in [9.17, 15) is 49.8 Å². The molecule has 8 aliphatic rings. The summed E-state index contributed by atoms with van der Waals surface area (Å²) < 4.78 is 0. The van der Waals surface area contributed by atoms with E-state index in [2.05, 4.69) is 27.0 Å². The molecule has 0 spiro atoms. The van der Waals surface area contributed by atoms with Crippen molar-refractivity contribution in [3.63, 3.8) is 0 Å². The molecule has 0 aliphatic heterocycles. The van der Waals surface area contributed by atoms with E-state index in [0.717, 1.165) is 36.8 Å². The molecule has 0 heterocycles. The minimum Gasteiger partial charge on any atom is -0.393 e. The molecule has 6 N–H and O–H groups in total. The van der Waals surface area contributed by atoms with Crippen molar-refractivity contribution in [3.05, 3.63) is 71.9 Å². The number of hydrogen-bond donors (Lipinski definition) is 6. The first kappa shape index (κ1) is 39.1. The molecule has 0 radical (unpaired) electrons. The number of rotatable bonds is 4. The van der Waals surface area contributed by atoms with E-state index in [1.54, 1.807) is 24.3 Å². The second-order valence-electron chi connectivity index (χ2n) is 18.6. The lowest BCUT2D eigenvalue weighted by atomic mass is 9.46. The highest BCUT2D eigenvalue weighted by Crippen LogP contribution is 2.69. The number of ketones is 4. The third kappa shape index (κ3) is 4.92. The number of fused-ring (bicyclic) bond motifs is 10. The number of aliphatic hydroxyl groups is 6. The van der Waals surface area contributed by atoms with Crippen LogP contribution < -0.4 is 0 Å². The molecule has 292 valence electrons. The second-order valence-corrected chi connectivity index (χ2v) is 18.6. The number of aliphatic hydroxyl groups excluding tert-OH is 4. The van der Waals surface area contributed by atoms with Crippen molar-refractivity contribution < 1.29 is 49.8 Å². The highest BCUT2D eigenvalue weighted by Gasteiger charge is 2.71. The first-order chi connectivity index (χ1) is 25.2. The Morgan fingerprint density at radius 1 is 0.685 bits per heavy atom. The smallest absolute Gasteiger partial charge is 0.194 e. The molecular weight excluding hydrogens is 688 g/mol. The van der Waals surface area contributed by atoms with E-state index in [0.29, 0.717) is 24.0 Å². The van der Waals surface area contributed by atoms with Crippen LogP contribution in [-0.4, -0.2) is 90.4 Å². The predicted molar refractivity (Wildman–Crippen MR) is 199 cm³/mol. The molecule has 0 saturated heterocycles. The number of allylic oxidation sites excluding steroid dienone is 8. The molecule has 14 atom stereocenters. The zero-order valence-corrected chi connectivity index (χ0v) is 31.9. The lowest BCUT2D eigenvalue weighted by molar-refractivity contribution is -0.173. The zero-order valence-electron chi connectivity index (χ0n) is 31.9. The zero-order chi connectivity index (χ0) is 39.6. The Labute approximate surface area is 317 Å². The Bertz CT molecular complexity index is 1720. The first-order valence-electron chi connectivity index (χ1n) is 19.5. The van der Waals surface area contributed by atoms with Gasteiger partial charge in [0.25, 0.3) is 0 Å². The second kappa shape index (κ2) is 12.7. The van der Waals surface area contributed by atoms with E-state index < -0.39 is 59.0 Å². The van der Waals surface area contributed by atoms with E-state index in [4.69, 9.17) is 0 Å². The summed E-state index contributed by atoms with van der Waals surface area (Å²) in [5.41, 5.74) is -3.05. The van der Waals surface area contributed by atoms with Crippen LogP contribution in [0, 0.1) is 57.2 Å². The molecular formula is C44H56O10. The van der Waals surface area contributed by atoms with Gasteiger partial charge in [-0.05, 0) is 110 Å². The van der Waals surface area contributed by atoms with Crippen molar-refractivity contribution in [2.24, 2.45) is 57.2 Å². The molecule has 0 aromatic carbocycles. The summed E-state index contributed by atoms with van der Waals surface area (Å²) >= 11 is 0. The van der Waals surface area contributed by atoms with Gasteiger partial charge in [-0.15, -0.1) is 0 Å². The van der Waals surface area contributed by atoms with Crippen LogP contribution in [0.3, 0.4) is 0 Å². The summed E-state index contributed by atoms with van der Waals surface area (Å²) in [6.07, 6.45) is 13.7. The Morgan fingerprint density at radius 3 is 1.37 bits per heavy atom. The molecule has 0 bridgehead atoms. The average Bonchev–Trinajstić information content (AvgIpc) is 3.46. The van der Waals surface area contributed by atoms with Crippen molar-refractivity contribution in [1.82, 2.24) is 0 Å². The van der Waals surface area contributed by atoms with Gasteiger partial charge in [-0.3, -0.25) is 19.2 Å². The average molecular weight is 745 g/mol. The van der Waals surface area contributed by atoms with Gasteiger partial charge in [0.15, 0.2) is 34.3 Å². The van der Waals surface area contributed by atoms with Gasteiger partial charge < -0.3 is 30.6 Å². The molecule has 8 aliphatic carbocycles. The molecule has 0 aromatic rings.